The maximum absolute atomic E-state index is 4.24. The van der Waals surface area contributed by atoms with Crippen LogP contribution in [0.4, 0.5) is 0 Å². The van der Waals surface area contributed by atoms with Crippen LogP contribution in [-0.2, 0) is 6.54 Å². The standard InChI is InChI=1S/C10H18N4/c1-2-7-14-8-12-13-10(14)9-3-5-11-6-4-9/h8-9,11H,2-7H2,1H3. The Morgan fingerprint density at radius 1 is 1.50 bits per heavy atom. The van der Waals surface area contributed by atoms with E-state index in [1.54, 1.807) is 0 Å². The Hall–Kier alpha value is -0.900. The second-order valence-corrected chi connectivity index (χ2v) is 3.91. The molecule has 1 aliphatic rings. The maximum Gasteiger partial charge on any atom is 0.136 e. The van der Waals surface area contributed by atoms with E-state index in [2.05, 4.69) is 27.0 Å². The fraction of sp³-hybridized carbons (Fsp3) is 0.800. The summed E-state index contributed by atoms with van der Waals surface area (Å²) in [6, 6.07) is 0. The van der Waals surface area contributed by atoms with Crippen molar-refractivity contribution in [2.75, 3.05) is 13.1 Å². The van der Waals surface area contributed by atoms with Crippen LogP contribution in [0, 0.1) is 0 Å². The van der Waals surface area contributed by atoms with Crippen LogP contribution in [0.15, 0.2) is 6.33 Å². The van der Waals surface area contributed by atoms with Gasteiger partial charge in [-0.15, -0.1) is 10.2 Å². The average Bonchev–Trinajstić information content (AvgIpc) is 2.68. The van der Waals surface area contributed by atoms with Gasteiger partial charge in [-0.2, -0.15) is 0 Å². The number of aromatic nitrogens is 3. The Morgan fingerprint density at radius 3 is 3.00 bits per heavy atom. The normalized spacial score (nSPS) is 18.6. The topological polar surface area (TPSA) is 42.7 Å². The quantitative estimate of drug-likeness (QED) is 0.785. The van der Waals surface area contributed by atoms with Crippen LogP contribution in [0.3, 0.4) is 0 Å². The SMILES string of the molecule is CCCn1cnnc1C1CCNCC1. The summed E-state index contributed by atoms with van der Waals surface area (Å²) in [7, 11) is 0. The van der Waals surface area contributed by atoms with Crippen LogP contribution >= 0.6 is 0 Å². The lowest BCUT2D eigenvalue weighted by atomic mass is 9.97. The van der Waals surface area contributed by atoms with E-state index in [1.165, 1.54) is 18.7 Å². The average molecular weight is 194 g/mol. The molecule has 1 fully saturated rings. The molecule has 4 nitrogen and oxygen atoms in total. The summed E-state index contributed by atoms with van der Waals surface area (Å²) in [5.41, 5.74) is 0. The van der Waals surface area contributed by atoms with E-state index in [9.17, 15) is 0 Å². The van der Waals surface area contributed by atoms with Gasteiger partial charge >= 0.3 is 0 Å². The van der Waals surface area contributed by atoms with Crippen LogP contribution < -0.4 is 5.32 Å². The highest BCUT2D eigenvalue weighted by Crippen LogP contribution is 2.22. The van der Waals surface area contributed by atoms with Crippen LogP contribution in [0.5, 0.6) is 0 Å². The molecule has 0 unspecified atom stereocenters. The summed E-state index contributed by atoms with van der Waals surface area (Å²) in [5, 5.41) is 11.6. The number of hydrogen-bond donors (Lipinski definition) is 1. The first-order chi connectivity index (χ1) is 6.92. The molecule has 0 atom stereocenters. The summed E-state index contributed by atoms with van der Waals surface area (Å²) < 4.78 is 2.20. The monoisotopic (exact) mass is 194 g/mol. The van der Waals surface area contributed by atoms with Crippen molar-refractivity contribution >= 4 is 0 Å². The van der Waals surface area contributed by atoms with Crippen molar-refractivity contribution in [3.63, 3.8) is 0 Å². The van der Waals surface area contributed by atoms with E-state index in [1.807, 2.05) is 6.33 Å². The lowest BCUT2D eigenvalue weighted by Gasteiger charge is -2.22. The van der Waals surface area contributed by atoms with Crippen molar-refractivity contribution in [3.8, 4) is 0 Å². The number of hydrogen-bond acceptors (Lipinski definition) is 3. The number of piperidine rings is 1. The van der Waals surface area contributed by atoms with E-state index < -0.39 is 0 Å². The molecular formula is C10H18N4. The predicted octanol–water partition coefficient (Wildman–Crippen LogP) is 1.16. The molecule has 2 rings (SSSR count). The second-order valence-electron chi connectivity index (χ2n) is 3.91. The number of nitrogens with one attached hydrogen (secondary N) is 1. The molecule has 0 radical (unpaired) electrons. The van der Waals surface area contributed by atoms with Crippen LogP contribution in [0.2, 0.25) is 0 Å². The Morgan fingerprint density at radius 2 is 2.29 bits per heavy atom. The lowest BCUT2D eigenvalue weighted by Crippen LogP contribution is -2.28. The van der Waals surface area contributed by atoms with Crippen molar-refractivity contribution < 1.29 is 0 Å². The van der Waals surface area contributed by atoms with Gasteiger partial charge in [-0.1, -0.05) is 6.92 Å². The van der Waals surface area contributed by atoms with E-state index >= 15 is 0 Å². The molecule has 0 spiro atoms. The van der Waals surface area contributed by atoms with Gasteiger partial charge in [0, 0.05) is 12.5 Å². The van der Waals surface area contributed by atoms with Crippen molar-refractivity contribution in [3.05, 3.63) is 12.2 Å². The third-order valence-corrected chi connectivity index (χ3v) is 2.81. The van der Waals surface area contributed by atoms with Gasteiger partial charge in [-0.25, -0.2) is 0 Å². The minimum absolute atomic E-state index is 0.616. The zero-order valence-electron chi connectivity index (χ0n) is 8.74. The molecule has 2 heterocycles. The van der Waals surface area contributed by atoms with E-state index in [0.29, 0.717) is 5.92 Å². The summed E-state index contributed by atoms with van der Waals surface area (Å²) >= 11 is 0. The lowest BCUT2D eigenvalue weighted by molar-refractivity contribution is 0.428. The smallest absolute Gasteiger partial charge is 0.136 e. The van der Waals surface area contributed by atoms with Gasteiger partial charge in [-0.3, -0.25) is 0 Å². The molecule has 1 aromatic heterocycles. The summed E-state index contributed by atoms with van der Waals surface area (Å²) in [4.78, 5) is 0. The first-order valence-electron chi connectivity index (χ1n) is 5.50. The Bertz CT molecular complexity index is 275. The molecule has 1 aromatic rings. The number of aryl methyl sites for hydroxylation is 1. The molecule has 1 aliphatic heterocycles. The minimum atomic E-state index is 0.616. The van der Waals surface area contributed by atoms with Crippen LogP contribution in [0.1, 0.15) is 37.9 Å². The van der Waals surface area contributed by atoms with Crippen LogP contribution in [-0.4, -0.2) is 27.9 Å². The van der Waals surface area contributed by atoms with Crippen molar-refractivity contribution in [2.45, 2.75) is 38.6 Å². The zero-order valence-corrected chi connectivity index (χ0v) is 8.74. The van der Waals surface area contributed by atoms with E-state index in [4.69, 9.17) is 0 Å². The first kappa shape index (κ1) is 9.65. The number of nitrogens with zero attached hydrogens (tertiary/aromatic N) is 3. The Kier molecular flexibility index (Phi) is 3.14. The summed E-state index contributed by atoms with van der Waals surface area (Å²) in [6.45, 7) is 5.46. The van der Waals surface area contributed by atoms with Gasteiger partial charge < -0.3 is 9.88 Å². The molecule has 0 aliphatic carbocycles. The third kappa shape index (κ3) is 1.95. The third-order valence-electron chi connectivity index (χ3n) is 2.81. The van der Waals surface area contributed by atoms with E-state index in [0.717, 1.165) is 26.1 Å². The highest BCUT2D eigenvalue weighted by Gasteiger charge is 2.19. The van der Waals surface area contributed by atoms with Gasteiger partial charge in [-0.05, 0) is 32.4 Å². The van der Waals surface area contributed by atoms with Crippen molar-refractivity contribution in [1.82, 2.24) is 20.1 Å². The zero-order chi connectivity index (χ0) is 9.80. The fourth-order valence-corrected chi connectivity index (χ4v) is 2.07. The molecule has 0 amide bonds. The van der Waals surface area contributed by atoms with Gasteiger partial charge in [0.15, 0.2) is 0 Å². The molecule has 1 N–H and O–H groups in total. The Labute approximate surface area is 84.7 Å². The molecule has 4 heteroatoms. The molecule has 0 saturated carbocycles. The predicted molar refractivity (Wildman–Crippen MR) is 55.2 cm³/mol. The van der Waals surface area contributed by atoms with Gasteiger partial charge in [0.05, 0.1) is 0 Å². The fourth-order valence-electron chi connectivity index (χ4n) is 2.07. The summed E-state index contributed by atoms with van der Waals surface area (Å²) in [5.74, 6) is 1.80. The minimum Gasteiger partial charge on any atom is -0.317 e. The van der Waals surface area contributed by atoms with Gasteiger partial charge in [0.25, 0.3) is 0 Å². The molecule has 0 bridgehead atoms. The first-order valence-corrected chi connectivity index (χ1v) is 5.50. The molecule has 78 valence electrons. The molecular weight excluding hydrogens is 176 g/mol. The van der Waals surface area contributed by atoms with Crippen LogP contribution in [0.25, 0.3) is 0 Å². The van der Waals surface area contributed by atoms with Gasteiger partial charge in [0.1, 0.15) is 12.2 Å². The van der Waals surface area contributed by atoms with Gasteiger partial charge in [0.2, 0.25) is 0 Å². The largest absolute Gasteiger partial charge is 0.317 e. The second kappa shape index (κ2) is 4.55. The van der Waals surface area contributed by atoms with Crippen molar-refractivity contribution in [1.29, 1.82) is 0 Å². The highest BCUT2D eigenvalue weighted by molar-refractivity contribution is 4.98. The summed E-state index contributed by atoms with van der Waals surface area (Å²) in [6.07, 6.45) is 5.40. The van der Waals surface area contributed by atoms with E-state index in [-0.39, 0.29) is 0 Å². The molecule has 0 aromatic carbocycles. The Balaban J connectivity index is 2.09. The maximum atomic E-state index is 4.24. The van der Waals surface area contributed by atoms with Crippen molar-refractivity contribution in [2.24, 2.45) is 0 Å². The highest BCUT2D eigenvalue weighted by atomic mass is 15.3. The molecule has 14 heavy (non-hydrogen) atoms. The molecule has 1 saturated heterocycles. The number of rotatable bonds is 3.